The van der Waals surface area contributed by atoms with Gasteiger partial charge in [-0.1, -0.05) is 42.1 Å². The predicted octanol–water partition coefficient (Wildman–Crippen LogP) is 2.80. The SMILES string of the molecule is Cc1nc2nc(SCC(=O)N(C)Cc3ccccc3)nn2c(C)c1C. The second-order valence-corrected chi connectivity index (χ2v) is 6.98. The van der Waals surface area contributed by atoms with Gasteiger partial charge in [0.15, 0.2) is 0 Å². The molecule has 0 unspecified atom stereocenters. The van der Waals surface area contributed by atoms with E-state index in [0.717, 1.165) is 22.5 Å². The van der Waals surface area contributed by atoms with Crippen LogP contribution in [0.25, 0.3) is 5.78 Å². The van der Waals surface area contributed by atoms with E-state index >= 15 is 0 Å². The maximum Gasteiger partial charge on any atom is 0.253 e. The van der Waals surface area contributed by atoms with Crippen LogP contribution in [0.2, 0.25) is 0 Å². The number of hydrogen-bond donors (Lipinski definition) is 0. The van der Waals surface area contributed by atoms with Crippen LogP contribution in [-0.2, 0) is 11.3 Å². The minimum absolute atomic E-state index is 0.0461. The smallest absolute Gasteiger partial charge is 0.253 e. The molecule has 0 radical (unpaired) electrons. The quantitative estimate of drug-likeness (QED) is 0.659. The Morgan fingerprint density at radius 2 is 1.88 bits per heavy atom. The molecule has 0 saturated carbocycles. The maximum absolute atomic E-state index is 12.3. The Morgan fingerprint density at radius 1 is 1.16 bits per heavy atom. The summed E-state index contributed by atoms with van der Waals surface area (Å²) in [7, 11) is 1.81. The topological polar surface area (TPSA) is 63.4 Å². The minimum atomic E-state index is 0.0461. The van der Waals surface area contributed by atoms with Crippen LogP contribution in [0.3, 0.4) is 0 Å². The van der Waals surface area contributed by atoms with Crippen LogP contribution in [-0.4, -0.2) is 43.2 Å². The zero-order valence-electron chi connectivity index (χ0n) is 14.9. The first-order valence-corrected chi connectivity index (χ1v) is 9.05. The van der Waals surface area contributed by atoms with Gasteiger partial charge < -0.3 is 4.90 Å². The predicted molar refractivity (Wildman–Crippen MR) is 98.6 cm³/mol. The molecule has 0 aliphatic carbocycles. The van der Waals surface area contributed by atoms with Crippen LogP contribution in [0.1, 0.15) is 22.5 Å². The van der Waals surface area contributed by atoms with E-state index in [1.165, 1.54) is 11.8 Å². The summed E-state index contributed by atoms with van der Waals surface area (Å²) in [5, 5.41) is 5.04. The van der Waals surface area contributed by atoms with E-state index in [-0.39, 0.29) is 5.91 Å². The van der Waals surface area contributed by atoms with Gasteiger partial charge in [0, 0.05) is 25.0 Å². The standard InChI is InChI=1S/C18H21N5OS/c1-12-13(2)19-17-20-18(21-23(17)14(12)3)25-11-16(24)22(4)10-15-8-6-5-7-9-15/h5-9H,10-11H2,1-4H3. The van der Waals surface area contributed by atoms with Gasteiger partial charge >= 0.3 is 0 Å². The number of carbonyl (C=O) groups excluding carboxylic acids is 1. The highest BCUT2D eigenvalue weighted by molar-refractivity contribution is 7.99. The van der Waals surface area contributed by atoms with E-state index in [1.807, 2.05) is 58.2 Å². The molecule has 0 bridgehead atoms. The molecule has 0 spiro atoms. The lowest BCUT2D eigenvalue weighted by atomic mass is 10.2. The number of rotatable bonds is 5. The largest absolute Gasteiger partial charge is 0.341 e. The van der Waals surface area contributed by atoms with Crippen LogP contribution in [0, 0.1) is 20.8 Å². The van der Waals surface area contributed by atoms with Gasteiger partial charge in [-0.15, -0.1) is 5.10 Å². The van der Waals surface area contributed by atoms with Crippen LogP contribution in [0.5, 0.6) is 0 Å². The third-order valence-corrected chi connectivity index (χ3v) is 5.08. The number of aryl methyl sites for hydroxylation is 2. The summed E-state index contributed by atoms with van der Waals surface area (Å²) >= 11 is 1.34. The van der Waals surface area contributed by atoms with E-state index in [2.05, 4.69) is 15.1 Å². The third-order valence-electron chi connectivity index (χ3n) is 4.25. The molecule has 130 valence electrons. The van der Waals surface area contributed by atoms with Gasteiger partial charge in [-0.2, -0.15) is 4.98 Å². The molecule has 0 aliphatic heterocycles. The van der Waals surface area contributed by atoms with Crippen molar-refractivity contribution in [1.82, 2.24) is 24.5 Å². The van der Waals surface area contributed by atoms with Gasteiger partial charge in [-0.05, 0) is 31.9 Å². The molecular weight excluding hydrogens is 334 g/mol. The lowest BCUT2D eigenvalue weighted by Gasteiger charge is -2.16. The Hall–Kier alpha value is -2.41. The Morgan fingerprint density at radius 3 is 2.60 bits per heavy atom. The third kappa shape index (κ3) is 3.82. The number of hydrogen-bond acceptors (Lipinski definition) is 5. The van der Waals surface area contributed by atoms with E-state index in [4.69, 9.17) is 0 Å². The fraction of sp³-hybridized carbons (Fsp3) is 0.333. The fourth-order valence-electron chi connectivity index (χ4n) is 2.48. The highest BCUT2D eigenvalue weighted by Gasteiger charge is 2.14. The average Bonchev–Trinajstić information content (AvgIpc) is 3.01. The number of benzene rings is 1. The van der Waals surface area contributed by atoms with Crippen molar-refractivity contribution in [3.8, 4) is 0 Å². The Bertz CT molecular complexity index is 907. The molecule has 3 aromatic rings. The lowest BCUT2D eigenvalue weighted by molar-refractivity contribution is -0.127. The molecule has 0 fully saturated rings. The van der Waals surface area contributed by atoms with Gasteiger partial charge in [0.2, 0.25) is 11.1 Å². The van der Waals surface area contributed by atoms with Crippen LogP contribution < -0.4 is 0 Å². The zero-order valence-corrected chi connectivity index (χ0v) is 15.7. The molecule has 0 aliphatic rings. The van der Waals surface area contributed by atoms with Gasteiger partial charge in [0.1, 0.15) is 0 Å². The molecule has 0 saturated heterocycles. The van der Waals surface area contributed by atoms with Gasteiger partial charge in [0.25, 0.3) is 5.78 Å². The van der Waals surface area contributed by atoms with Crippen LogP contribution >= 0.6 is 11.8 Å². The number of nitrogens with zero attached hydrogens (tertiary/aromatic N) is 5. The van der Waals surface area contributed by atoms with Crippen molar-refractivity contribution < 1.29 is 4.79 Å². The van der Waals surface area contributed by atoms with Gasteiger partial charge in [-0.3, -0.25) is 4.79 Å². The second kappa shape index (κ2) is 7.23. The molecule has 0 atom stereocenters. The van der Waals surface area contributed by atoms with Crippen molar-refractivity contribution in [2.24, 2.45) is 0 Å². The Balaban J connectivity index is 1.66. The van der Waals surface area contributed by atoms with Gasteiger partial charge in [-0.25, -0.2) is 9.50 Å². The summed E-state index contributed by atoms with van der Waals surface area (Å²) in [5.74, 6) is 0.926. The van der Waals surface area contributed by atoms with Crippen molar-refractivity contribution in [2.75, 3.05) is 12.8 Å². The number of amides is 1. The first-order chi connectivity index (χ1) is 12.0. The molecule has 0 N–H and O–H groups in total. The highest BCUT2D eigenvalue weighted by Crippen LogP contribution is 2.18. The summed E-state index contributed by atoms with van der Waals surface area (Å²) < 4.78 is 1.74. The Kier molecular flexibility index (Phi) is 5.03. The number of fused-ring (bicyclic) bond motifs is 1. The minimum Gasteiger partial charge on any atom is -0.341 e. The fourth-order valence-corrected chi connectivity index (χ4v) is 3.24. The second-order valence-electron chi connectivity index (χ2n) is 6.04. The molecule has 25 heavy (non-hydrogen) atoms. The lowest BCUT2D eigenvalue weighted by Crippen LogP contribution is -2.27. The number of carbonyl (C=O) groups is 1. The summed E-state index contributed by atoms with van der Waals surface area (Å²) in [5.41, 5.74) is 4.19. The van der Waals surface area contributed by atoms with Gasteiger partial charge in [0.05, 0.1) is 5.75 Å². The van der Waals surface area contributed by atoms with E-state index in [1.54, 1.807) is 9.42 Å². The summed E-state index contributed by atoms with van der Waals surface area (Å²) in [4.78, 5) is 22.9. The van der Waals surface area contributed by atoms with E-state index in [9.17, 15) is 4.79 Å². The van der Waals surface area contributed by atoms with Crippen LogP contribution in [0.4, 0.5) is 0 Å². The number of thioether (sulfide) groups is 1. The normalized spacial score (nSPS) is 11.0. The molecule has 6 nitrogen and oxygen atoms in total. The summed E-state index contributed by atoms with van der Waals surface area (Å²) in [6.45, 7) is 6.58. The Labute approximate surface area is 151 Å². The van der Waals surface area contributed by atoms with Crippen molar-refractivity contribution >= 4 is 23.4 Å². The number of aromatic nitrogens is 4. The molecule has 1 amide bonds. The highest BCUT2D eigenvalue weighted by atomic mass is 32.2. The van der Waals surface area contributed by atoms with E-state index in [0.29, 0.717) is 23.2 Å². The summed E-state index contributed by atoms with van der Waals surface area (Å²) in [6, 6.07) is 9.94. The zero-order chi connectivity index (χ0) is 18.0. The van der Waals surface area contributed by atoms with Crippen LogP contribution in [0.15, 0.2) is 35.5 Å². The monoisotopic (exact) mass is 355 g/mol. The maximum atomic E-state index is 12.3. The molecule has 7 heteroatoms. The molecular formula is C18H21N5OS. The average molecular weight is 355 g/mol. The first-order valence-electron chi connectivity index (χ1n) is 8.07. The molecule has 1 aromatic carbocycles. The van der Waals surface area contributed by atoms with Crippen molar-refractivity contribution in [3.63, 3.8) is 0 Å². The molecule has 2 heterocycles. The summed E-state index contributed by atoms with van der Waals surface area (Å²) in [6.07, 6.45) is 0. The van der Waals surface area contributed by atoms with Crippen molar-refractivity contribution in [1.29, 1.82) is 0 Å². The molecule has 2 aromatic heterocycles. The first kappa shape index (κ1) is 17.4. The van der Waals surface area contributed by atoms with E-state index < -0.39 is 0 Å². The molecule has 3 rings (SSSR count). The van der Waals surface area contributed by atoms with Crippen molar-refractivity contribution in [3.05, 3.63) is 52.8 Å². The van der Waals surface area contributed by atoms with Crippen molar-refractivity contribution in [2.45, 2.75) is 32.5 Å².